The third kappa shape index (κ3) is 5.76. The number of ether oxygens (including phenoxy) is 1. The summed E-state index contributed by atoms with van der Waals surface area (Å²) in [6, 6.07) is 4.62. The van der Waals surface area contributed by atoms with Crippen LogP contribution in [0.5, 0.6) is 6.01 Å². The number of likely N-dealkylation sites (N-methyl/N-ethyl adjacent to an activating group) is 1. The number of amidine groups is 1. The minimum Gasteiger partial charge on any atom is -0.459 e. The predicted molar refractivity (Wildman–Crippen MR) is 161 cm³/mol. The number of nitrogen functional groups attached to an aromatic ring is 1. The van der Waals surface area contributed by atoms with E-state index >= 15 is 0 Å². The largest absolute Gasteiger partial charge is 0.459 e. The number of rotatable bonds is 6. The number of amides is 1. The zero-order valence-electron chi connectivity index (χ0n) is 24.4. The summed E-state index contributed by atoms with van der Waals surface area (Å²) in [5, 5.41) is 25.4. The Labute approximate surface area is 246 Å². The molecule has 0 saturated carbocycles. The topological polar surface area (TPSA) is 156 Å². The van der Waals surface area contributed by atoms with Crippen molar-refractivity contribution in [3.63, 3.8) is 0 Å². The van der Waals surface area contributed by atoms with Gasteiger partial charge in [0.1, 0.15) is 28.7 Å². The van der Waals surface area contributed by atoms with E-state index in [-0.39, 0.29) is 35.9 Å². The molecule has 2 aromatic heterocycles. The van der Waals surface area contributed by atoms with Crippen LogP contribution in [-0.4, -0.2) is 78.0 Å². The molecule has 3 aliphatic rings. The molecular formula is C29H41N9O2S. The highest BCUT2D eigenvalue weighted by Gasteiger charge is 2.43. The van der Waals surface area contributed by atoms with Crippen LogP contribution in [0.4, 0.5) is 10.8 Å². The van der Waals surface area contributed by atoms with Crippen molar-refractivity contribution in [3.05, 3.63) is 27.8 Å². The molecule has 0 unspecified atom stereocenters. The highest BCUT2D eigenvalue weighted by molar-refractivity contribution is 7.16. The van der Waals surface area contributed by atoms with Crippen LogP contribution in [0, 0.1) is 16.7 Å². The zero-order chi connectivity index (χ0) is 29.3. The number of hydrogen-bond donors (Lipinski definition) is 4. The maximum atomic E-state index is 13.8. The van der Waals surface area contributed by atoms with Gasteiger partial charge in [-0.25, -0.2) is 0 Å². The molecule has 12 heteroatoms. The van der Waals surface area contributed by atoms with Crippen molar-refractivity contribution in [3.8, 4) is 12.1 Å². The molecule has 0 bridgehead atoms. The van der Waals surface area contributed by atoms with Crippen molar-refractivity contribution in [1.82, 2.24) is 25.5 Å². The highest BCUT2D eigenvalue weighted by Crippen LogP contribution is 2.45. The average molecular weight is 580 g/mol. The molecule has 2 fully saturated rings. The summed E-state index contributed by atoms with van der Waals surface area (Å²) in [4.78, 5) is 28.7. The zero-order valence-corrected chi connectivity index (χ0v) is 25.2. The Morgan fingerprint density at radius 1 is 1.37 bits per heavy atom. The van der Waals surface area contributed by atoms with Gasteiger partial charge in [0.05, 0.1) is 11.0 Å². The Morgan fingerprint density at radius 2 is 2.17 bits per heavy atom. The van der Waals surface area contributed by atoms with E-state index in [4.69, 9.17) is 20.9 Å². The van der Waals surface area contributed by atoms with Crippen LogP contribution >= 0.6 is 11.3 Å². The van der Waals surface area contributed by atoms with Crippen molar-refractivity contribution < 1.29 is 9.53 Å². The first-order valence-corrected chi connectivity index (χ1v) is 15.4. The Bertz CT molecular complexity index is 1350. The summed E-state index contributed by atoms with van der Waals surface area (Å²) in [7, 11) is 2.10. The summed E-state index contributed by atoms with van der Waals surface area (Å²) in [5.74, 6) is 0.217. The average Bonchev–Trinajstić information content (AvgIpc) is 3.44. The number of nitrogens with one attached hydrogen (secondary N) is 3. The van der Waals surface area contributed by atoms with Gasteiger partial charge in [-0.15, -0.1) is 11.3 Å². The summed E-state index contributed by atoms with van der Waals surface area (Å²) in [6.07, 6.45) is 5.16. The number of fused-ring (bicyclic) bond motifs is 1. The lowest BCUT2D eigenvalue weighted by atomic mass is 9.72. The van der Waals surface area contributed by atoms with Gasteiger partial charge in [0, 0.05) is 41.7 Å². The third-order valence-electron chi connectivity index (χ3n) is 8.87. The lowest BCUT2D eigenvalue weighted by molar-refractivity contribution is -0.125. The number of aryl methyl sites for hydroxylation is 1. The van der Waals surface area contributed by atoms with E-state index in [1.165, 1.54) is 11.3 Å². The van der Waals surface area contributed by atoms with Crippen molar-refractivity contribution in [2.24, 2.45) is 0 Å². The molecular weight excluding hydrogens is 538 g/mol. The number of nitrogens with two attached hydrogens (primary N) is 1. The summed E-state index contributed by atoms with van der Waals surface area (Å²) < 4.78 is 6.31. The molecule has 0 spiro atoms. The number of hydrogen-bond acceptors (Lipinski definition) is 11. The Balaban J connectivity index is 1.44. The van der Waals surface area contributed by atoms with Crippen LogP contribution in [-0.2, 0) is 16.6 Å². The maximum Gasteiger partial charge on any atom is 0.319 e. The van der Waals surface area contributed by atoms with Crippen molar-refractivity contribution >= 4 is 33.9 Å². The molecule has 5 N–H and O–H groups in total. The summed E-state index contributed by atoms with van der Waals surface area (Å²) in [5.41, 5.74) is 6.54. The highest BCUT2D eigenvalue weighted by atomic mass is 32.1. The van der Waals surface area contributed by atoms with Gasteiger partial charge in [0.25, 0.3) is 0 Å². The van der Waals surface area contributed by atoms with Gasteiger partial charge in [0.15, 0.2) is 5.84 Å². The maximum absolute atomic E-state index is 13.8. The molecule has 2 saturated heterocycles. The van der Waals surface area contributed by atoms with Crippen LogP contribution < -0.4 is 26.0 Å². The van der Waals surface area contributed by atoms with Gasteiger partial charge in [-0.2, -0.15) is 15.2 Å². The van der Waals surface area contributed by atoms with Crippen LogP contribution in [0.15, 0.2) is 6.07 Å². The number of nitrogens with zero attached hydrogens (tertiary/aromatic N) is 5. The summed E-state index contributed by atoms with van der Waals surface area (Å²) in [6.45, 7) is 9.60. The normalized spacial score (nSPS) is 25.6. The fourth-order valence-electron chi connectivity index (χ4n) is 6.51. The van der Waals surface area contributed by atoms with Gasteiger partial charge < -0.3 is 26.0 Å². The van der Waals surface area contributed by atoms with Gasteiger partial charge in [-0.1, -0.05) is 0 Å². The van der Waals surface area contributed by atoms with Crippen molar-refractivity contribution in [2.45, 2.75) is 82.9 Å². The number of thiophene rings is 1. The van der Waals surface area contributed by atoms with Gasteiger partial charge in [0.2, 0.25) is 5.91 Å². The molecule has 1 aliphatic carbocycles. The quantitative estimate of drug-likeness (QED) is 0.298. The standard InChI is InChI=1S/C29H41N9O2S/c1-17-16-33-11-7-13-38(17)23-14-20(34-28(35-23)40-18(2)21-8-6-12-37(21)4)25(31)36-27(39)29(3)10-5-9-22-24(29)19(15-30)26(32)41-22/h14,17-18,21,33H,5-13,16,32H2,1-4H3,(H2,31,36,39)/t17-,18-,21-,29-/m0/s1. The van der Waals surface area contributed by atoms with Crippen LogP contribution in [0.25, 0.3) is 0 Å². The van der Waals surface area contributed by atoms with Crippen LogP contribution in [0.3, 0.4) is 0 Å². The molecule has 4 atom stereocenters. The van der Waals surface area contributed by atoms with E-state index in [1.54, 1.807) is 6.07 Å². The fourth-order valence-corrected chi connectivity index (χ4v) is 7.70. The number of nitriles is 1. The van der Waals surface area contributed by atoms with Crippen LogP contribution in [0.2, 0.25) is 0 Å². The molecule has 41 heavy (non-hydrogen) atoms. The monoisotopic (exact) mass is 579 g/mol. The molecule has 0 radical (unpaired) electrons. The fraction of sp³-hybridized carbons (Fsp3) is 0.621. The smallest absolute Gasteiger partial charge is 0.319 e. The van der Waals surface area contributed by atoms with E-state index < -0.39 is 5.41 Å². The van der Waals surface area contributed by atoms with E-state index in [0.29, 0.717) is 34.1 Å². The molecule has 2 aliphatic heterocycles. The Morgan fingerprint density at radius 3 is 2.90 bits per heavy atom. The van der Waals surface area contributed by atoms with Crippen molar-refractivity contribution in [2.75, 3.05) is 43.9 Å². The first-order chi connectivity index (χ1) is 19.6. The minimum absolute atomic E-state index is 0.121. The number of anilines is 2. The summed E-state index contributed by atoms with van der Waals surface area (Å²) >= 11 is 1.38. The van der Waals surface area contributed by atoms with Gasteiger partial charge >= 0.3 is 6.01 Å². The molecule has 0 aromatic carbocycles. The number of likely N-dealkylation sites (tertiary alicyclic amines) is 1. The van der Waals surface area contributed by atoms with Crippen molar-refractivity contribution in [1.29, 1.82) is 10.7 Å². The molecule has 2 aromatic rings. The van der Waals surface area contributed by atoms with E-state index in [9.17, 15) is 10.1 Å². The second kappa shape index (κ2) is 11.9. The molecule has 4 heterocycles. The molecule has 1 amide bonds. The number of carbonyl (C=O) groups is 1. The number of aromatic nitrogens is 2. The minimum atomic E-state index is -0.971. The van der Waals surface area contributed by atoms with E-state index in [2.05, 4.69) is 45.5 Å². The second-order valence-corrected chi connectivity index (χ2v) is 12.9. The lowest BCUT2D eigenvalue weighted by Gasteiger charge is -2.33. The predicted octanol–water partition coefficient (Wildman–Crippen LogP) is 2.78. The second-order valence-electron chi connectivity index (χ2n) is 11.8. The third-order valence-corrected chi connectivity index (χ3v) is 9.95. The molecule has 11 nitrogen and oxygen atoms in total. The first-order valence-electron chi connectivity index (χ1n) is 14.6. The Kier molecular flexibility index (Phi) is 8.50. The molecule has 5 rings (SSSR count). The first kappa shape index (κ1) is 29.2. The van der Waals surface area contributed by atoms with E-state index in [1.807, 2.05) is 13.8 Å². The Hall–Kier alpha value is -3.27. The number of carbonyl (C=O) groups excluding carboxylic acids is 1. The van der Waals surface area contributed by atoms with E-state index in [0.717, 1.165) is 63.2 Å². The SMILES string of the molecule is C[C@H](Oc1nc(C(=N)NC(=O)[C@@]2(C)CCCc3sc(N)c(C#N)c32)cc(N2CCCNC[C@@H]2C)n1)[C@@H]1CCCN1C. The van der Waals surface area contributed by atoms with Gasteiger partial charge in [-0.3, -0.25) is 15.1 Å². The lowest BCUT2D eigenvalue weighted by Crippen LogP contribution is -2.47. The van der Waals surface area contributed by atoms with Crippen LogP contribution in [0.1, 0.15) is 74.6 Å². The molecule has 220 valence electrons. The van der Waals surface area contributed by atoms with Gasteiger partial charge in [-0.05, 0) is 79.4 Å².